The molecule has 0 atom stereocenters. The van der Waals surface area contributed by atoms with E-state index in [1.807, 2.05) is 26.8 Å². The first kappa shape index (κ1) is 18.2. The minimum Gasteiger partial charge on any atom is -0.366 e. The molecule has 0 fully saturated rings. The molecule has 0 unspecified atom stereocenters. The van der Waals surface area contributed by atoms with E-state index in [4.69, 9.17) is 5.73 Å². The zero-order valence-electron chi connectivity index (χ0n) is 15.3. The lowest BCUT2D eigenvalue weighted by Gasteiger charge is -2.19. The van der Waals surface area contributed by atoms with Gasteiger partial charge >= 0.3 is 0 Å². The maximum Gasteiger partial charge on any atom is 0.272 e. The molecule has 3 N–H and O–H groups in total. The molecule has 0 bridgehead atoms. The van der Waals surface area contributed by atoms with Crippen molar-refractivity contribution in [1.29, 1.82) is 0 Å². The third-order valence-corrected chi connectivity index (χ3v) is 3.63. The van der Waals surface area contributed by atoms with Crippen molar-refractivity contribution in [3.05, 3.63) is 60.2 Å². The second kappa shape index (κ2) is 6.99. The first-order valence-corrected chi connectivity index (χ1v) is 8.34. The van der Waals surface area contributed by atoms with E-state index in [1.165, 1.54) is 6.20 Å². The van der Waals surface area contributed by atoms with Gasteiger partial charge in [0.2, 0.25) is 5.91 Å². The second-order valence-corrected chi connectivity index (χ2v) is 7.04. The quantitative estimate of drug-likeness (QED) is 0.734. The molecule has 3 heterocycles. The van der Waals surface area contributed by atoms with Gasteiger partial charge in [0.1, 0.15) is 0 Å². The van der Waals surface area contributed by atoms with E-state index in [0.717, 1.165) is 0 Å². The second-order valence-electron chi connectivity index (χ2n) is 7.04. The Morgan fingerprint density at radius 2 is 1.93 bits per heavy atom. The molecule has 0 spiro atoms. The van der Waals surface area contributed by atoms with Gasteiger partial charge in [0.05, 0.1) is 28.8 Å². The number of rotatable bonds is 4. The van der Waals surface area contributed by atoms with Crippen LogP contribution in [0.2, 0.25) is 0 Å². The molecule has 8 nitrogen and oxygen atoms in total. The number of primary amides is 1. The number of hydrogen-bond donors (Lipinski definition) is 2. The minimum absolute atomic E-state index is 0.254. The van der Waals surface area contributed by atoms with E-state index >= 15 is 0 Å². The van der Waals surface area contributed by atoms with Gasteiger partial charge in [-0.25, -0.2) is 4.68 Å². The van der Waals surface area contributed by atoms with Crippen LogP contribution >= 0.6 is 0 Å². The highest BCUT2D eigenvalue weighted by atomic mass is 16.2. The summed E-state index contributed by atoms with van der Waals surface area (Å²) in [5, 5.41) is 7.32. The number of carbonyl (C=O) groups excluding carboxylic acids is 2. The van der Waals surface area contributed by atoms with E-state index in [9.17, 15) is 9.59 Å². The fourth-order valence-corrected chi connectivity index (χ4v) is 2.45. The fourth-order valence-electron chi connectivity index (χ4n) is 2.45. The molecule has 0 aliphatic carbocycles. The van der Waals surface area contributed by atoms with Crippen molar-refractivity contribution in [3.8, 4) is 17.1 Å². The molecule has 3 aromatic heterocycles. The molecule has 138 valence electrons. The minimum atomic E-state index is -0.555. The summed E-state index contributed by atoms with van der Waals surface area (Å²) in [6, 6.07) is 8.50. The van der Waals surface area contributed by atoms with E-state index in [2.05, 4.69) is 20.4 Å². The molecule has 0 aromatic carbocycles. The average molecular weight is 364 g/mol. The molecule has 3 aromatic rings. The van der Waals surface area contributed by atoms with Gasteiger partial charge in [-0.05, 0) is 51.1 Å². The van der Waals surface area contributed by atoms with Gasteiger partial charge in [-0.15, -0.1) is 0 Å². The summed E-state index contributed by atoms with van der Waals surface area (Å²) in [7, 11) is 0. The van der Waals surface area contributed by atoms with Crippen LogP contribution in [-0.2, 0) is 0 Å². The highest BCUT2D eigenvalue weighted by molar-refractivity contribution is 5.94. The highest BCUT2D eigenvalue weighted by Crippen LogP contribution is 2.22. The Balaban J connectivity index is 2.08. The Kier molecular flexibility index (Phi) is 4.72. The predicted molar refractivity (Wildman–Crippen MR) is 100 cm³/mol. The maximum atomic E-state index is 12.5. The number of hydrogen-bond acceptors (Lipinski definition) is 5. The molecule has 2 amide bonds. The van der Waals surface area contributed by atoms with Gasteiger partial charge in [-0.1, -0.05) is 0 Å². The molecule has 8 heteroatoms. The summed E-state index contributed by atoms with van der Waals surface area (Å²) >= 11 is 0. The van der Waals surface area contributed by atoms with Crippen molar-refractivity contribution in [2.45, 2.75) is 26.3 Å². The van der Waals surface area contributed by atoms with Crippen LogP contribution in [0.3, 0.4) is 0 Å². The van der Waals surface area contributed by atoms with E-state index in [0.29, 0.717) is 22.6 Å². The van der Waals surface area contributed by atoms with Crippen molar-refractivity contribution in [3.63, 3.8) is 0 Å². The van der Waals surface area contributed by atoms with Crippen LogP contribution in [-0.4, -0.2) is 37.1 Å². The molecular weight excluding hydrogens is 344 g/mol. The number of aromatic nitrogens is 4. The number of nitrogens with one attached hydrogen (secondary N) is 1. The maximum absolute atomic E-state index is 12.5. The van der Waals surface area contributed by atoms with Gasteiger partial charge in [0.25, 0.3) is 5.91 Å². The molecule has 27 heavy (non-hydrogen) atoms. The SMILES string of the molecule is CC(C)(C)NC(=O)c1cc(-c2ccc(C(N)=O)cn2)n(-c2cccnc2)n1. The van der Waals surface area contributed by atoms with Gasteiger partial charge in [-0.3, -0.25) is 19.6 Å². The lowest BCUT2D eigenvalue weighted by atomic mass is 10.1. The molecule has 0 aliphatic rings. The van der Waals surface area contributed by atoms with Crippen LogP contribution in [0.4, 0.5) is 0 Å². The van der Waals surface area contributed by atoms with Gasteiger partial charge < -0.3 is 11.1 Å². The number of pyridine rings is 2. The number of amides is 2. The van der Waals surface area contributed by atoms with Crippen LogP contribution in [0.15, 0.2) is 48.9 Å². The molecule has 3 rings (SSSR count). The Hall–Kier alpha value is -3.55. The summed E-state index contributed by atoms with van der Waals surface area (Å²) in [6.45, 7) is 5.69. The van der Waals surface area contributed by atoms with Gasteiger partial charge in [0, 0.05) is 17.9 Å². The van der Waals surface area contributed by atoms with Crippen LogP contribution < -0.4 is 11.1 Å². The smallest absolute Gasteiger partial charge is 0.272 e. The molecule has 0 saturated carbocycles. The third kappa shape index (κ3) is 4.17. The predicted octanol–water partition coefficient (Wildman–Crippen LogP) is 1.96. The van der Waals surface area contributed by atoms with Crippen LogP contribution in [0.1, 0.15) is 41.6 Å². The fraction of sp³-hybridized carbons (Fsp3) is 0.211. The number of nitrogens with zero attached hydrogens (tertiary/aromatic N) is 4. The molecule has 0 saturated heterocycles. The monoisotopic (exact) mass is 364 g/mol. The highest BCUT2D eigenvalue weighted by Gasteiger charge is 2.21. The average Bonchev–Trinajstić information content (AvgIpc) is 3.07. The molecule has 0 aliphatic heterocycles. The van der Waals surface area contributed by atoms with Crippen LogP contribution in [0.25, 0.3) is 17.1 Å². The summed E-state index contributed by atoms with van der Waals surface area (Å²) < 4.78 is 1.59. The van der Waals surface area contributed by atoms with Crippen molar-refractivity contribution in [2.75, 3.05) is 0 Å². The Bertz CT molecular complexity index is 972. The molecular formula is C19H20N6O2. The Labute approximate surface area is 156 Å². The lowest BCUT2D eigenvalue weighted by Crippen LogP contribution is -2.40. The summed E-state index contributed by atoms with van der Waals surface area (Å²) in [5.74, 6) is -0.847. The first-order chi connectivity index (χ1) is 12.7. The van der Waals surface area contributed by atoms with Gasteiger partial charge in [0.15, 0.2) is 5.69 Å². The van der Waals surface area contributed by atoms with Gasteiger partial charge in [-0.2, -0.15) is 5.10 Å². The Morgan fingerprint density at radius 1 is 1.15 bits per heavy atom. The van der Waals surface area contributed by atoms with E-state index < -0.39 is 11.4 Å². The van der Waals surface area contributed by atoms with Crippen molar-refractivity contribution in [2.24, 2.45) is 5.73 Å². The third-order valence-electron chi connectivity index (χ3n) is 3.63. The van der Waals surface area contributed by atoms with Crippen LogP contribution in [0, 0.1) is 0 Å². The largest absolute Gasteiger partial charge is 0.366 e. The van der Waals surface area contributed by atoms with Crippen molar-refractivity contribution in [1.82, 2.24) is 25.1 Å². The topological polar surface area (TPSA) is 116 Å². The lowest BCUT2D eigenvalue weighted by molar-refractivity contribution is 0.0913. The first-order valence-electron chi connectivity index (χ1n) is 8.34. The van der Waals surface area contributed by atoms with Crippen molar-refractivity contribution >= 4 is 11.8 Å². The number of carbonyl (C=O) groups is 2. The summed E-state index contributed by atoms with van der Waals surface area (Å²) in [5.41, 5.74) is 7.26. The van der Waals surface area contributed by atoms with Crippen LogP contribution in [0.5, 0.6) is 0 Å². The van der Waals surface area contributed by atoms with E-state index in [-0.39, 0.29) is 11.6 Å². The zero-order chi connectivity index (χ0) is 19.6. The van der Waals surface area contributed by atoms with Crippen molar-refractivity contribution < 1.29 is 9.59 Å². The van der Waals surface area contributed by atoms with E-state index in [1.54, 1.807) is 41.3 Å². The zero-order valence-corrected chi connectivity index (χ0v) is 15.3. The standard InChI is InChI=1S/C19H20N6O2/c1-19(2,3)23-18(27)15-9-16(14-7-6-12(10-22-14)17(20)26)25(24-15)13-5-4-8-21-11-13/h4-11H,1-3H3,(H2,20,26)(H,23,27). The normalized spacial score (nSPS) is 11.2. The Morgan fingerprint density at radius 3 is 2.48 bits per heavy atom. The number of nitrogens with two attached hydrogens (primary N) is 1. The summed E-state index contributed by atoms with van der Waals surface area (Å²) in [6.07, 6.45) is 4.69. The molecule has 0 radical (unpaired) electrons. The summed E-state index contributed by atoms with van der Waals surface area (Å²) in [4.78, 5) is 32.2.